The van der Waals surface area contributed by atoms with Gasteiger partial charge in [0, 0.05) is 10.6 Å². The lowest BCUT2D eigenvalue weighted by Gasteiger charge is -2.04. The Morgan fingerprint density at radius 3 is 2.41 bits per heavy atom. The van der Waals surface area contributed by atoms with Crippen molar-refractivity contribution in [3.63, 3.8) is 0 Å². The van der Waals surface area contributed by atoms with Crippen LogP contribution in [0.2, 0.25) is 0 Å². The number of carboxylic acid groups (broad SMARTS) is 1. The van der Waals surface area contributed by atoms with Gasteiger partial charge in [-0.1, -0.05) is 12.1 Å². The molecule has 0 aliphatic heterocycles. The van der Waals surface area contributed by atoms with E-state index in [2.05, 4.69) is 10.0 Å². The van der Waals surface area contributed by atoms with E-state index in [0.29, 0.717) is 22.5 Å². The standard InChI is InChI=1S/C13H12N2O5S2/c1-22(19,20)15-9-4-2-8(3-5-9)11-6-10(14-7-16)12(21-11)13(17)18/h2-7,15H,1H3,(H,14,16)(H,17,18). The van der Waals surface area contributed by atoms with Crippen molar-refractivity contribution < 1.29 is 23.1 Å². The van der Waals surface area contributed by atoms with Crippen molar-refractivity contribution in [3.8, 4) is 10.4 Å². The highest BCUT2D eigenvalue weighted by molar-refractivity contribution is 7.92. The molecule has 0 aliphatic carbocycles. The van der Waals surface area contributed by atoms with Crippen LogP contribution in [0, 0.1) is 0 Å². The number of anilines is 2. The summed E-state index contributed by atoms with van der Waals surface area (Å²) in [6, 6.07) is 8.03. The van der Waals surface area contributed by atoms with Gasteiger partial charge in [-0.05, 0) is 23.8 Å². The van der Waals surface area contributed by atoms with Crippen molar-refractivity contribution in [1.82, 2.24) is 0 Å². The van der Waals surface area contributed by atoms with Crippen molar-refractivity contribution in [2.75, 3.05) is 16.3 Å². The monoisotopic (exact) mass is 340 g/mol. The van der Waals surface area contributed by atoms with Gasteiger partial charge in [-0.15, -0.1) is 11.3 Å². The zero-order chi connectivity index (χ0) is 16.3. The van der Waals surface area contributed by atoms with Gasteiger partial charge in [0.05, 0.1) is 11.9 Å². The molecule has 0 radical (unpaired) electrons. The predicted molar refractivity (Wildman–Crippen MR) is 84.9 cm³/mol. The molecule has 1 amide bonds. The van der Waals surface area contributed by atoms with Crippen molar-refractivity contribution in [2.24, 2.45) is 0 Å². The van der Waals surface area contributed by atoms with Gasteiger partial charge in [0.15, 0.2) is 0 Å². The van der Waals surface area contributed by atoms with Crippen LogP contribution in [0.4, 0.5) is 11.4 Å². The Kier molecular flexibility index (Phi) is 4.48. The predicted octanol–water partition coefficient (Wildman–Crippen LogP) is 2.05. The van der Waals surface area contributed by atoms with E-state index in [0.717, 1.165) is 17.6 Å². The third kappa shape index (κ3) is 3.83. The topological polar surface area (TPSA) is 113 Å². The van der Waals surface area contributed by atoms with Gasteiger partial charge < -0.3 is 10.4 Å². The largest absolute Gasteiger partial charge is 0.477 e. The molecule has 0 saturated carbocycles. The number of thiophene rings is 1. The van der Waals surface area contributed by atoms with E-state index in [1.165, 1.54) is 0 Å². The number of benzene rings is 1. The Morgan fingerprint density at radius 2 is 1.91 bits per heavy atom. The second-order valence-corrected chi connectivity index (χ2v) is 7.17. The van der Waals surface area contributed by atoms with Gasteiger partial charge in [0.25, 0.3) is 0 Å². The van der Waals surface area contributed by atoms with Crippen LogP contribution in [0.5, 0.6) is 0 Å². The molecule has 0 spiro atoms. The molecule has 7 nitrogen and oxygen atoms in total. The summed E-state index contributed by atoms with van der Waals surface area (Å²) in [5, 5.41) is 11.4. The SMILES string of the molecule is CS(=O)(=O)Nc1ccc(-c2cc(NC=O)c(C(=O)O)s2)cc1. The summed E-state index contributed by atoms with van der Waals surface area (Å²) >= 11 is 1.02. The average Bonchev–Trinajstić information content (AvgIpc) is 2.82. The first-order chi connectivity index (χ1) is 10.3. The van der Waals surface area contributed by atoms with Gasteiger partial charge in [-0.2, -0.15) is 0 Å². The van der Waals surface area contributed by atoms with E-state index in [9.17, 15) is 18.0 Å². The molecule has 9 heteroatoms. The summed E-state index contributed by atoms with van der Waals surface area (Å²) in [7, 11) is -3.35. The molecule has 116 valence electrons. The van der Waals surface area contributed by atoms with Crippen LogP contribution in [0.15, 0.2) is 30.3 Å². The number of nitrogens with one attached hydrogen (secondary N) is 2. The van der Waals surface area contributed by atoms with Crippen LogP contribution in [0.3, 0.4) is 0 Å². The molecular weight excluding hydrogens is 328 g/mol. The van der Waals surface area contributed by atoms with E-state index < -0.39 is 16.0 Å². The van der Waals surface area contributed by atoms with E-state index in [4.69, 9.17) is 5.11 Å². The van der Waals surface area contributed by atoms with Crippen LogP contribution in [-0.4, -0.2) is 32.2 Å². The quantitative estimate of drug-likeness (QED) is 0.697. The van der Waals surface area contributed by atoms with E-state index in [1.54, 1.807) is 30.3 Å². The van der Waals surface area contributed by atoms with E-state index in [-0.39, 0.29) is 10.6 Å². The zero-order valence-corrected chi connectivity index (χ0v) is 13.0. The first kappa shape index (κ1) is 16.0. The lowest BCUT2D eigenvalue weighted by molar-refractivity contribution is -0.105. The maximum atomic E-state index is 11.1. The average molecular weight is 340 g/mol. The number of aromatic carboxylic acids is 1. The Labute approximate surface area is 130 Å². The summed E-state index contributed by atoms with van der Waals surface area (Å²) in [6.45, 7) is 0. The Morgan fingerprint density at radius 1 is 1.27 bits per heavy atom. The maximum absolute atomic E-state index is 11.1. The van der Waals surface area contributed by atoms with Crippen LogP contribution in [-0.2, 0) is 14.8 Å². The molecule has 0 bridgehead atoms. The Balaban J connectivity index is 2.34. The van der Waals surface area contributed by atoms with Crippen LogP contribution in [0.25, 0.3) is 10.4 Å². The molecule has 2 rings (SSSR count). The molecule has 1 heterocycles. The number of carboxylic acids is 1. The lowest BCUT2D eigenvalue weighted by Crippen LogP contribution is -2.09. The molecule has 3 N–H and O–H groups in total. The van der Waals surface area contributed by atoms with Gasteiger partial charge in [-0.3, -0.25) is 9.52 Å². The fourth-order valence-electron chi connectivity index (χ4n) is 1.78. The van der Waals surface area contributed by atoms with Gasteiger partial charge in [-0.25, -0.2) is 13.2 Å². The van der Waals surface area contributed by atoms with Crippen LogP contribution >= 0.6 is 11.3 Å². The Bertz CT molecular complexity index is 809. The molecule has 0 saturated heterocycles. The van der Waals surface area contributed by atoms with E-state index in [1.807, 2.05) is 0 Å². The molecule has 0 aliphatic rings. The second kappa shape index (κ2) is 6.16. The van der Waals surface area contributed by atoms with Crippen molar-refractivity contribution >= 4 is 45.1 Å². The highest BCUT2D eigenvalue weighted by Crippen LogP contribution is 2.35. The molecule has 0 fully saturated rings. The van der Waals surface area contributed by atoms with Gasteiger partial charge >= 0.3 is 5.97 Å². The molecular formula is C13H12N2O5S2. The summed E-state index contributed by atoms with van der Waals surface area (Å²) < 4.78 is 24.6. The number of rotatable bonds is 6. The minimum atomic E-state index is -3.35. The number of carbonyl (C=O) groups excluding carboxylic acids is 1. The Hall–Kier alpha value is -2.39. The number of sulfonamides is 1. The highest BCUT2D eigenvalue weighted by atomic mass is 32.2. The van der Waals surface area contributed by atoms with Crippen LogP contribution in [0.1, 0.15) is 9.67 Å². The number of hydrogen-bond donors (Lipinski definition) is 3. The highest BCUT2D eigenvalue weighted by Gasteiger charge is 2.16. The van der Waals surface area contributed by atoms with Gasteiger partial charge in [0.2, 0.25) is 16.4 Å². The number of carbonyl (C=O) groups is 2. The van der Waals surface area contributed by atoms with Crippen molar-refractivity contribution in [1.29, 1.82) is 0 Å². The molecule has 0 unspecified atom stereocenters. The third-order valence-electron chi connectivity index (χ3n) is 2.61. The summed E-state index contributed by atoms with van der Waals surface area (Å²) in [4.78, 5) is 22.3. The molecule has 0 atom stereocenters. The van der Waals surface area contributed by atoms with Crippen molar-refractivity contribution in [2.45, 2.75) is 0 Å². The fourth-order valence-corrected chi connectivity index (χ4v) is 3.31. The summed E-state index contributed by atoms with van der Waals surface area (Å²) in [6.07, 6.45) is 1.47. The fraction of sp³-hybridized carbons (Fsp3) is 0.0769. The molecule has 22 heavy (non-hydrogen) atoms. The lowest BCUT2D eigenvalue weighted by atomic mass is 10.1. The van der Waals surface area contributed by atoms with E-state index >= 15 is 0 Å². The number of hydrogen-bond acceptors (Lipinski definition) is 5. The minimum Gasteiger partial charge on any atom is -0.477 e. The van der Waals surface area contributed by atoms with Crippen molar-refractivity contribution in [3.05, 3.63) is 35.2 Å². The molecule has 1 aromatic carbocycles. The molecule has 1 aromatic heterocycles. The minimum absolute atomic E-state index is 0.0282. The summed E-state index contributed by atoms with van der Waals surface area (Å²) in [5.74, 6) is -1.13. The maximum Gasteiger partial charge on any atom is 0.348 e. The summed E-state index contributed by atoms with van der Waals surface area (Å²) in [5.41, 5.74) is 1.35. The first-order valence-corrected chi connectivity index (χ1v) is 8.66. The zero-order valence-electron chi connectivity index (χ0n) is 11.4. The third-order valence-corrected chi connectivity index (χ3v) is 4.39. The normalized spacial score (nSPS) is 11.0. The van der Waals surface area contributed by atoms with Crippen LogP contribution < -0.4 is 10.0 Å². The first-order valence-electron chi connectivity index (χ1n) is 5.95. The smallest absolute Gasteiger partial charge is 0.348 e. The molecule has 2 aromatic rings. The second-order valence-electron chi connectivity index (χ2n) is 4.37. The number of amides is 1. The van der Waals surface area contributed by atoms with Gasteiger partial charge in [0.1, 0.15) is 4.88 Å².